The number of halogens is 1. The fraction of sp³-hybridized carbons (Fsp3) is 0.294. The zero-order chi connectivity index (χ0) is 31.0. The number of aromatic amines is 1. The van der Waals surface area contributed by atoms with Crippen LogP contribution in [0.3, 0.4) is 0 Å². The number of hydrogen-bond donors (Lipinski definition) is 2. The lowest BCUT2D eigenvalue weighted by Crippen LogP contribution is -2.42. The molecule has 2 aliphatic carbocycles. The number of H-pyrrole nitrogens is 1. The van der Waals surface area contributed by atoms with Crippen LogP contribution in [-0.2, 0) is 14.4 Å². The SMILES string of the molecule is Cc1ccccc1NC(=O)COc1ccccc1[C@@H]1c2sc(=O)[nH]c2S[C@@H]2[C@@H]3C[C@@H]([C@@H]4C(=O)N(c5ccc(Cl)cc5)C(=O)[C@@H]34)[C@H]12. The third-order valence-electron chi connectivity index (χ3n) is 9.84. The van der Waals surface area contributed by atoms with Crippen molar-refractivity contribution in [3.05, 3.63) is 103 Å². The second kappa shape index (κ2) is 10.9. The molecule has 3 heterocycles. The second-order valence-electron chi connectivity index (χ2n) is 12.1. The summed E-state index contributed by atoms with van der Waals surface area (Å²) in [7, 11) is 0. The standard InChI is InChI=1S/C34H28ClN3O5S2/c1-16-6-2-4-8-22(16)36-24(39)15-43-23-9-5-3-7-19(23)25-26-20-14-21(29(26)44-31-30(25)45-34(42)37-31)28-27(20)32(40)38(33(28)41)18-12-10-17(35)11-13-18/h2-13,20-21,25-29H,14-15H2,1H3,(H,36,39)(H,37,42)/t20-,21-,25+,26-,27+,28+,29-/m1/s1. The van der Waals surface area contributed by atoms with Gasteiger partial charge in [-0.15, -0.1) is 11.8 Å². The molecule has 3 fully saturated rings. The van der Waals surface area contributed by atoms with E-state index in [1.165, 1.54) is 16.2 Å². The molecule has 0 spiro atoms. The molecule has 7 atom stereocenters. The number of amides is 3. The van der Waals surface area contributed by atoms with Crippen LogP contribution in [0.15, 0.2) is 82.6 Å². The van der Waals surface area contributed by atoms with E-state index in [2.05, 4.69) is 10.3 Å². The maximum Gasteiger partial charge on any atom is 0.305 e. The smallest absolute Gasteiger partial charge is 0.305 e. The molecule has 8 rings (SSSR count). The molecule has 2 saturated carbocycles. The Kier molecular flexibility index (Phi) is 6.92. The van der Waals surface area contributed by atoms with Crippen LogP contribution >= 0.6 is 34.7 Å². The predicted octanol–water partition coefficient (Wildman–Crippen LogP) is 6.09. The van der Waals surface area contributed by atoms with Crippen LogP contribution in [0.4, 0.5) is 11.4 Å². The third kappa shape index (κ3) is 4.56. The summed E-state index contributed by atoms with van der Waals surface area (Å²) < 4.78 is 6.18. The molecular weight excluding hydrogens is 630 g/mol. The van der Waals surface area contributed by atoms with Crippen molar-refractivity contribution in [1.82, 2.24) is 4.98 Å². The highest BCUT2D eigenvalue weighted by Gasteiger charge is 2.69. The molecule has 2 aliphatic heterocycles. The first-order valence-corrected chi connectivity index (χ1v) is 17.0. The number of aromatic nitrogens is 1. The summed E-state index contributed by atoms with van der Waals surface area (Å²) in [6, 6.07) is 22.0. The van der Waals surface area contributed by atoms with E-state index in [0.717, 1.165) is 33.1 Å². The number of hydrogen-bond acceptors (Lipinski definition) is 7. The van der Waals surface area contributed by atoms with Crippen molar-refractivity contribution < 1.29 is 19.1 Å². The van der Waals surface area contributed by atoms with Gasteiger partial charge in [-0.25, -0.2) is 0 Å². The highest BCUT2D eigenvalue weighted by atomic mass is 35.5. The Morgan fingerprint density at radius 3 is 2.47 bits per heavy atom. The lowest BCUT2D eigenvalue weighted by atomic mass is 9.68. The van der Waals surface area contributed by atoms with E-state index in [0.29, 0.717) is 16.5 Å². The number of anilines is 2. The van der Waals surface area contributed by atoms with Gasteiger partial charge in [0.1, 0.15) is 5.75 Å². The van der Waals surface area contributed by atoms with Gasteiger partial charge in [-0.3, -0.25) is 24.1 Å². The molecule has 3 aromatic carbocycles. The van der Waals surface area contributed by atoms with E-state index in [9.17, 15) is 19.2 Å². The number of nitrogens with one attached hydrogen (secondary N) is 2. The summed E-state index contributed by atoms with van der Waals surface area (Å²) >= 11 is 8.92. The minimum absolute atomic E-state index is 0.00391. The first-order chi connectivity index (χ1) is 21.8. The summed E-state index contributed by atoms with van der Waals surface area (Å²) in [6.45, 7) is 1.75. The first-order valence-electron chi connectivity index (χ1n) is 14.9. The van der Waals surface area contributed by atoms with Crippen LogP contribution in [0.5, 0.6) is 5.75 Å². The van der Waals surface area contributed by atoms with Crippen LogP contribution < -0.4 is 19.8 Å². The number of thiazole rings is 1. The van der Waals surface area contributed by atoms with Crippen molar-refractivity contribution in [1.29, 1.82) is 0 Å². The number of ether oxygens (including phenoxy) is 1. The van der Waals surface area contributed by atoms with Gasteiger partial charge in [0.2, 0.25) is 11.8 Å². The molecule has 1 saturated heterocycles. The third-order valence-corrected chi connectivity index (χ3v) is 12.7. The summed E-state index contributed by atoms with van der Waals surface area (Å²) in [6.07, 6.45) is 0.779. The number of thioether (sulfide) groups is 1. The monoisotopic (exact) mass is 657 g/mol. The lowest BCUT2D eigenvalue weighted by molar-refractivity contribution is -0.123. The Morgan fingerprint density at radius 2 is 1.69 bits per heavy atom. The lowest BCUT2D eigenvalue weighted by Gasteiger charge is -2.43. The highest BCUT2D eigenvalue weighted by Crippen LogP contribution is 2.69. The van der Waals surface area contributed by atoms with E-state index in [1.54, 1.807) is 36.0 Å². The van der Waals surface area contributed by atoms with E-state index in [4.69, 9.17) is 16.3 Å². The number of aryl methyl sites for hydroxylation is 1. The molecule has 0 radical (unpaired) electrons. The Labute approximate surface area is 272 Å². The normalized spacial score (nSPS) is 27.7. The molecule has 11 heteroatoms. The molecule has 45 heavy (non-hydrogen) atoms. The Hall–Kier alpha value is -3.86. The van der Waals surface area contributed by atoms with Gasteiger partial charge in [0.15, 0.2) is 6.61 Å². The summed E-state index contributed by atoms with van der Waals surface area (Å²) in [5.41, 5.74) is 3.11. The van der Waals surface area contributed by atoms with Crippen LogP contribution in [0.2, 0.25) is 5.02 Å². The quantitative estimate of drug-likeness (QED) is 0.243. The molecule has 0 unspecified atom stereocenters. The topological polar surface area (TPSA) is 109 Å². The van der Waals surface area contributed by atoms with Gasteiger partial charge in [-0.1, -0.05) is 59.3 Å². The number of carbonyl (C=O) groups excluding carboxylic acids is 3. The zero-order valence-electron chi connectivity index (χ0n) is 24.1. The van der Waals surface area contributed by atoms with Gasteiger partial charge >= 0.3 is 4.87 Å². The van der Waals surface area contributed by atoms with Gasteiger partial charge in [-0.05, 0) is 73.1 Å². The van der Waals surface area contributed by atoms with E-state index < -0.39 is 11.8 Å². The van der Waals surface area contributed by atoms with E-state index in [1.807, 2.05) is 55.5 Å². The fourth-order valence-electron chi connectivity index (χ4n) is 8.12. The molecule has 228 valence electrons. The molecular formula is C34H28ClN3O5S2. The Morgan fingerprint density at radius 1 is 0.978 bits per heavy atom. The van der Waals surface area contributed by atoms with Crippen LogP contribution in [-0.4, -0.2) is 34.6 Å². The summed E-state index contributed by atoms with van der Waals surface area (Å²) in [4.78, 5) is 58.6. The average molecular weight is 658 g/mol. The van der Waals surface area contributed by atoms with Gasteiger partial charge in [0.05, 0.1) is 22.5 Å². The number of nitrogens with zero attached hydrogens (tertiary/aromatic N) is 1. The maximum absolute atomic E-state index is 14.0. The van der Waals surface area contributed by atoms with Crippen molar-refractivity contribution >= 4 is 63.8 Å². The van der Waals surface area contributed by atoms with Gasteiger partial charge in [0, 0.05) is 32.3 Å². The molecule has 4 aliphatic rings. The molecule has 2 N–H and O–H groups in total. The number of benzene rings is 3. The molecule has 3 amide bonds. The minimum atomic E-state index is -0.423. The van der Waals surface area contributed by atoms with E-state index in [-0.39, 0.29) is 58.1 Å². The van der Waals surface area contributed by atoms with Crippen molar-refractivity contribution in [2.45, 2.75) is 29.5 Å². The Balaban J connectivity index is 1.13. The number of para-hydroxylation sites is 2. The Bertz CT molecular complexity index is 1920. The average Bonchev–Trinajstić information content (AvgIpc) is 3.77. The van der Waals surface area contributed by atoms with Crippen molar-refractivity contribution in [3.63, 3.8) is 0 Å². The molecule has 1 aromatic heterocycles. The van der Waals surface area contributed by atoms with E-state index >= 15 is 0 Å². The van der Waals surface area contributed by atoms with Gasteiger partial charge < -0.3 is 15.0 Å². The van der Waals surface area contributed by atoms with Crippen LogP contribution in [0, 0.1) is 36.5 Å². The van der Waals surface area contributed by atoms with Crippen molar-refractivity contribution in [3.8, 4) is 5.75 Å². The predicted molar refractivity (Wildman–Crippen MR) is 174 cm³/mol. The van der Waals surface area contributed by atoms with Gasteiger partial charge in [0.25, 0.3) is 5.91 Å². The van der Waals surface area contributed by atoms with Crippen molar-refractivity contribution in [2.75, 3.05) is 16.8 Å². The van der Waals surface area contributed by atoms with Crippen molar-refractivity contribution in [2.24, 2.45) is 29.6 Å². The molecule has 8 nitrogen and oxygen atoms in total. The summed E-state index contributed by atoms with van der Waals surface area (Å²) in [5, 5.41) is 4.32. The number of fused-ring (bicyclic) bond motifs is 9. The zero-order valence-corrected chi connectivity index (χ0v) is 26.5. The largest absolute Gasteiger partial charge is 0.483 e. The molecule has 2 bridgehead atoms. The highest BCUT2D eigenvalue weighted by molar-refractivity contribution is 8.00. The second-order valence-corrected chi connectivity index (χ2v) is 14.8. The maximum atomic E-state index is 14.0. The molecule has 4 aromatic rings. The van der Waals surface area contributed by atoms with Crippen LogP contribution in [0.1, 0.15) is 28.3 Å². The number of imide groups is 1. The van der Waals surface area contributed by atoms with Gasteiger partial charge in [-0.2, -0.15) is 0 Å². The van der Waals surface area contributed by atoms with Crippen LogP contribution in [0.25, 0.3) is 0 Å². The minimum Gasteiger partial charge on any atom is -0.483 e. The summed E-state index contributed by atoms with van der Waals surface area (Å²) in [5.74, 6) is -1.10. The first kappa shape index (κ1) is 28.6. The number of carbonyl (C=O) groups is 3. The fourth-order valence-corrected chi connectivity index (χ4v) is 11.1. The number of rotatable bonds is 6.